The van der Waals surface area contributed by atoms with Gasteiger partial charge in [-0.3, -0.25) is 5.43 Å². The number of esters is 1. The third-order valence-electron chi connectivity index (χ3n) is 3.77. The van der Waals surface area contributed by atoms with Gasteiger partial charge in [0.1, 0.15) is 20.0 Å². The van der Waals surface area contributed by atoms with Gasteiger partial charge in [0.05, 0.1) is 0 Å². The van der Waals surface area contributed by atoms with E-state index in [1.165, 1.54) is 0 Å². The zero-order valence-corrected chi connectivity index (χ0v) is 16.0. The van der Waals surface area contributed by atoms with Crippen molar-refractivity contribution in [2.75, 3.05) is 0 Å². The van der Waals surface area contributed by atoms with Crippen molar-refractivity contribution in [3.05, 3.63) is 66.2 Å². The number of ether oxygens (including phenoxy) is 1. The first-order chi connectivity index (χ1) is 11.9. The molecule has 25 heavy (non-hydrogen) atoms. The minimum Gasteiger partial charge on any atom is -0.457 e. The number of nitrogens with one attached hydrogen (secondary N) is 1. The highest BCUT2D eigenvalue weighted by Crippen LogP contribution is 2.10. The highest BCUT2D eigenvalue weighted by Gasteiger charge is 2.36. The third-order valence-corrected chi connectivity index (χ3v) is 7.14. The molecule has 0 spiro atoms. The summed E-state index contributed by atoms with van der Waals surface area (Å²) in [6.07, 6.45) is 0. The molecule has 0 bridgehead atoms. The normalized spacial score (nSPS) is 11.7. The van der Waals surface area contributed by atoms with Crippen LogP contribution < -0.4 is 16.3 Å². The first kappa shape index (κ1) is 18.8. The van der Waals surface area contributed by atoms with Crippen molar-refractivity contribution in [3.8, 4) is 0 Å². The SMILES string of the molecule is C[Si](C)(/C(=N/NC(N)=S)C(=O)OCc1ccccc1)c1ccccc1. The van der Waals surface area contributed by atoms with Crippen molar-refractivity contribution in [3.63, 3.8) is 0 Å². The lowest BCUT2D eigenvalue weighted by atomic mass is 10.2. The molecule has 5 nitrogen and oxygen atoms in total. The number of rotatable bonds is 6. The van der Waals surface area contributed by atoms with Gasteiger partial charge in [-0.05, 0) is 17.8 Å². The van der Waals surface area contributed by atoms with Gasteiger partial charge in [-0.2, -0.15) is 5.10 Å². The van der Waals surface area contributed by atoms with Crippen LogP contribution in [0.4, 0.5) is 0 Å². The molecular weight excluding hydrogens is 350 g/mol. The molecule has 0 aliphatic heterocycles. The van der Waals surface area contributed by atoms with Crippen LogP contribution in [0.5, 0.6) is 0 Å². The van der Waals surface area contributed by atoms with Crippen LogP contribution in [0.15, 0.2) is 65.8 Å². The second kappa shape index (κ2) is 8.54. The summed E-state index contributed by atoms with van der Waals surface area (Å²) in [5.41, 5.74) is 8.91. The molecule has 0 saturated heterocycles. The average Bonchev–Trinajstić information content (AvgIpc) is 2.61. The fourth-order valence-corrected chi connectivity index (χ4v) is 4.60. The second-order valence-electron chi connectivity index (χ2n) is 5.99. The van der Waals surface area contributed by atoms with Crippen LogP contribution in [0.3, 0.4) is 0 Å². The molecule has 0 heterocycles. The van der Waals surface area contributed by atoms with Crippen molar-refractivity contribution in [1.82, 2.24) is 5.43 Å². The van der Waals surface area contributed by atoms with E-state index in [0.29, 0.717) is 5.33 Å². The largest absolute Gasteiger partial charge is 0.457 e. The summed E-state index contributed by atoms with van der Waals surface area (Å²) in [6, 6.07) is 19.3. The van der Waals surface area contributed by atoms with Crippen molar-refractivity contribution >= 4 is 41.9 Å². The minimum absolute atomic E-state index is 0.00576. The van der Waals surface area contributed by atoms with Crippen LogP contribution in [0.25, 0.3) is 0 Å². The van der Waals surface area contributed by atoms with Gasteiger partial charge in [-0.25, -0.2) is 4.79 Å². The Bertz CT molecular complexity index is 764. The summed E-state index contributed by atoms with van der Waals surface area (Å²) >= 11 is 4.80. The number of hydrogen-bond donors (Lipinski definition) is 2. The van der Waals surface area contributed by atoms with Crippen molar-refractivity contribution in [1.29, 1.82) is 0 Å². The van der Waals surface area contributed by atoms with Gasteiger partial charge < -0.3 is 10.5 Å². The fourth-order valence-electron chi connectivity index (χ4n) is 2.33. The van der Waals surface area contributed by atoms with E-state index < -0.39 is 14.0 Å². The predicted octanol–water partition coefficient (Wildman–Crippen LogP) is 2.07. The Morgan fingerprint density at radius 1 is 1.12 bits per heavy atom. The number of nitrogens with zero attached hydrogens (tertiary/aromatic N) is 1. The van der Waals surface area contributed by atoms with E-state index in [0.717, 1.165) is 10.8 Å². The molecule has 0 saturated carbocycles. The molecule has 130 valence electrons. The van der Waals surface area contributed by atoms with Crippen molar-refractivity contribution in [2.24, 2.45) is 10.8 Å². The van der Waals surface area contributed by atoms with E-state index in [1.54, 1.807) is 0 Å². The molecule has 0 unspecified atom stereocenters. The topological polar surface area (TPSA) is 76.7 Å². The lowest BCUT2D eigenvalue weighted by Crippen LogP contribution is -2.54. The highest BCUT2D eigenvalue weighted by atomic mass is 32.1. The molecule has 0 radical (unpaired) electrons. The van der Waals surface area contributed by atoms with Crippen molar-refractivity contribution < 1.29 is 9.53 Å². The first-order valence-electron chi connectivity index (χ1n) is 7.81. The number of hydrogen-bond acceptors (Lipinski definition) is 4. The van der Waals surface area contributed by atoms with E-state index in [2.05, 4.69) is 10.5 Å². The van der Waals surface area contributed by atoms with Crippen molar-refractivity contribution in [2.45, 2.75) is 19.7 Å². The van der Waals surface area contributed by atoms with E-state index in [9.17, 15) is 4.79 Å². The zero-order chi connectivity index (χ0) is 18.3. The van der Waals surface area contributed by atoms with Crippen LogP contribution in [-0.4, -0.2) is 24.5 Å². The maximum atomic E-state index is 12.7. The Kier molecular flexibility index (Phi) is 6.43. The molecule has 2 rings (SSSR count). The predicted molar refractivity (Wildman–Crippen MR) is 107 cm³/mol. The maximum Gasteiger partial charge on any atom is 0.350 e. The second-order valence-corrected chi connectivity index (χ2v) is 10.7. The average molecular weight is 372 g/mol. The molecule has 2 aromatic rings. The van der Waals surface area contributed by atoms with Crippen LogP contribution >= 0.6 is 12.2 Å². The first-order valence-corrected chi connectivity index (χ1v) is 11.2. The molecule has 3 N–H and O–H groups in total. The lowest BCUT2D eigenvalue weighted by Gasteiger charge is -2.23. The molecule has 0 amide bonds. The summed E-state index contributed by atoms with van der Waals surface area (Å²) in [7, 11) is -2.38. The third kappa shape index (κ3) is 5.23. The van der Waals surface area contributed by atoms with Gasteiger partial charge >= 0.3 is 5.97 Å². The standard InChI is InChI=1S/C18H21N3O2SSi/c1-25(2,15-11-7-4-8-12-15)16(20-21-18(19)24)17(22)23-13-14-9-5-3-6-10-14/h3-12H,13H2,1-2H3,(H3,19,21,24)/b20-16+. The maximum absolute atomic E-state index is 12.7. The quantitative estimate of drug-likeness (QED) is 0.267. The van der Waals surface area contributed by atoms with E-state index in [4.69, 9.17) is 22.7 Å². The summed E-state index contributed by atoms with van der Waals surface area (Å²) in [6.45, 7) is 4.25. The number of carbonyl (C=O) groups excluding carboxylic acids is 1. The van der Waals surface area contributed by atoms with Gasteiger partial charge in [0.2, 0.25) is 0 Å². The molecule has 7 heteroatoms. The summed E-state index contributed by atoms with van der Waals surface area (Å²) in [4.78, 5) is 12.7. The fraction of sp³-hybridized carbons (Fsp3) is 0.167. The van der Waals surface area contributed by atoms with Gasteiger partial charge in [0, 0.05) is 0 Å². The van der Waals surface area contributed by atoms with E-state index in [1.807, 2.05) is 73.8 Å². The Balaban J connectivity index is 2.24. The molecule has 0 fully saturated rings. The van der Waals surface area contributed by atoms with Crippen LogP contribution in [-0.2, 0) is 16.1 Å². The number of carbonyl (C=O) groups is 1. The van der Waals surface area contributed by atoms with Gasteiger partial charge in [-0.1, -0.05) is 78.9 Å². The highest BCUT2D eigenvalue weighted by molar-refractivity contribution is 7.80. The smallest absolute Gasteiger partial charge is 0.350 e. The monoisotopic (exact) mass is 371 g/mol. The Hall–Kier alpha value is -2.51. The minimum atomic E-state index is -2.38. The van der Waals surface area contributed by atoms with Gasteiger partial charge in [-0.15, -0.1) is 0 Å². The molecular formula is C18H21N3O2SSi. The Morgan fingerprint density at radius 2 is 1.68 bits per heavy atom. The summed E-state index contributed by atoms with van der Waals surface area (Å²) in [5, 5.41) is 5.58. The summed E-state index contributed by atoms with van der Waals surface area (Å²) in [5.74, 6) is -0.465. The number of benzene rings is 2. The number of nitrogens with two attached hydrogens (primary N) is 1. The molecule has 0 atom stereocenters. The van der Waals surface area contributed by atoms with Crippen LogP contribution in [0.1, 0.15) is 5.56 Å². The van der Waals surface area contributed by atoms with E-state index >= 15 is 0 Å². The van der Waals surface area contributed by atoms with Gasteiger partial charge in [0.15, 0.2) is 5.11 Å². The number of thiocarbonyl (C=S) groups is 1. The zero-order valence-electron chi connectivity index (χ0n) is 14.2. The number of hydrazone groups is 1. The molecule has 2 aromatic carbocycles. The molecule has 0 aliphatic carbocycles. The van der Waals surface area contributed by atoms with Crippen LogP contribution in [0, 0.1) is 0 Å². The van der Waals surface area contributed by atoms with Crippen LogP contribution in [0.2, 0.25) is 13.1 Å². The van der Waals surface area contributed by atoms with Gasteiger partial charge in [0.25, 0.3) is 0 Å². The Morgan fingerprint density at radius 3 is 2.24 bits per heavy atom. The molecule has 0 aliphatic rings. The summed E-state index contributed by atoms with van der Waals surface area (Å²) < 4.78 is 5.47. The lowest BCUT2D eigenvalue weighted by molar-refractivity contribution is -0.136. The van der Waals surface area contributed by atoms with E-state index in [-0.39, 0.29) is 11.7 Å². The Labute approximate surface area is 153 Å². The molecule has 0 aromatic heterocycles.